The molecule has 0 unspecified atom stereocenters. The third-order valence-electron chi connectivity index (χ3n) is 4.45. The van der Waals surface area contributed by atoms with Gasteiger partial charge in [0.05, 0.1) is 13.2 Å². The average Bonchev–Trinajstić information content (AvgIpc) is 3.07. The van der Waals surface area contributed by atoms with Crippen LogP contribution in [0.15, 0.2) is 42.5 Å². The molecule has 0 radical (unpaired) electrons. The number of carbonyl (C=O) groups is 1. The number of para-hydroxylation sites is 1. The number of anilines is 2. The molecular formula is C21H26N2O3. The molecule has 0 aromatic heterocycles. The van der Waals surface area contributed by atoms with E-state index in [1.807, 2.05) is 62.1 Å². The van der Waals surface area contributed by atoms with Gasteiger partial charge in [0, 0.05) is 24.0 Å². The quantitative estimate of drug-likeness (QED) is 0.820. The molecule has 1 heterocycles. The third kappa shape index (κ3) is 3.77. The van der Waals surface area contributed by atoms with E-state index in [4.69, 9.17) is 9.47 Å². The molecule has 138 valence electrons. The lowest BCUT2D eigenvalue weighted by molar-refractivity contribution is -0.118. The van der Waals surface area contributed by atoms with Gasteiger partial charge in [-0.15, -0.1) is 0 Å². The number of carbonyl (C=O) groups excluding carboxylic acids is 1. The minimum Gasteiger partial charge on any atom is -0.490 e. The van der Waals surface area contributed by atoms with Gasteiger partial charge in [-0.2, -0.15) is 0 Å². The topological polar surface area (TPSA) is 50.8 Å². The Bertz CT molecular complexity index is 776. The van der Waals surface area contributed by atoms with Crippen LogP contribution >= 0.6 is 0 Å². The van der Waals surface area contributed by atoms with Crippen molar-refractivity contribution in [1.29, 1.82) is 0 Å². The van der Waals surface area contributed by atoms with Gasteiger partial charge in [-0.1, -0.05) is 18.2 Å². The molecule has 0 aliphatic carbocycles. The molecule has 0 spiro atoms. The number of nitrogens with one attached hydrogen (secondary N) is 1. The Morgan fingerprint density at radius 2 is 1.85 bits per heavy atom. The second-order valence-corrected chi connectivity index (χ2v) is 6.26. The standard InChI is InChI=1S/C21H26N2O3/c1-4-25-19-11-10-17(14-20(19)26-5-2)22-15(3)21(24)23-13-12-16-8-6-7-9-18(16)23/h6-11,14-15,22H,4-5,12-13H2,1-3H3/t15-/m0/s1. The van der Waals surface area contributed by atoms with Gasteiger partial charge >= 0.3 is 0 Å². The largest absolute Gasteiger partial charge is 0.490 e. The Morgan fingerprint density at radius 3 is 2.62 bits per heavy atom. The number of amides is 1. The van der Waals surface area contributed by atoms with Gasteiger partial charge in [-0.05, 0) is 51.0 Å². The van der Waals surface area contributed by atoms with Crippen LogP contribution in [0.5, 0.6) is 11.5 Å². The molecule has 5 nitrogen and oxygen atoms in total. The highest BCUT2D eigenvalue weighted by molar-refractivity contribution is 6.00. The van der Waals surface area contributed by atoms with Gasteiger partial charge in [0.25, 0.3) is 0 Å². The van der Waals surface area contributed by atoms with E-state index < -0.39 is 0 Å². The summed E-state index contributed by atoms with van der Waals surface area (Å²) < 4.78 is 11.2. The van der Waals surface area contributed by atoms with Gasteiger partial charge in [-0.25, -0.2) is 0 Å². The third-order valence-corrected chi connectivity index (χ3v) is 4.45. The number of rotatable bonds is 7. The summed E-state index contributed by atoms with van der Waals surface area (Å²) in [5, 5.41) is 3.29. The zero-order valence-electron chi connectivity index (χ0n) is 15.6. The summed E-state index contributed by atoms with van der Waals surface area (Å²) in [5.74, 6) is 1.47. The van der Waals surface area contributed by atoms with Crippen molar-refractivity contribution >= 4 is 17.3 Å². The zero-order chi connectivity index (χ0) is 18.5. The molecule has 3 rings (SSSR count). The number of benzene rings is 2. The van der Waals surface area contributed by atoms with Crippen LogP contribution in [0.1, 0.15) is 26.3 Å². The second-order valence-electron chi connectivity index (χ2n) is 6.26. The predicted molar refractivity (Wildman–Crippen MR) is 104 cm³/mol. The lowest BCUT2D eigenvalue weighted by atomic mass is 10.2. The summed E-state index contributed by atoms with van der Waals surface area (Å²) in [7, 11) is 0. The fourth-order valence-electron chi connectivity index (χ4n) is 3.25. The monoisotopic (exact) mass is 354 g/mol. The number of ether oxygens (including phenoxy) is 2. The minimum absolute atomic E-state index is 0.0711. The molecule has 1 atom stereocenters. The molecule has 0 bridgehead atoms. The Labute approximate surface area is 154 Å². The van der Waals surface area contributed by atoms with Crippen molar-refractivity contribution in [3.63, 3.8) is 0 Å². The fourth-order valence-corrected chi connectivity index (χ4v) is 3.25. The first-order chi connectivity index (χ1) is 12.6. The summed E-state index contributed by atoms with van der Waals surface area (Å²) in [5.41, 5.74) is 3.09. The van der Waals surface area contributed by atoms with E-state index in [2.05, 4.69) is 11.4 Å². The van der Waals surface area contributed by atoms with E-state index in [0.29, 0.717) is 24.7 Å². The maximum absolute atomic E-state index is 12.9. The Kier molecular flexibility index (Phi) is 5.66. The van der Waals surface area contributed by atoms with Crippen molar-refractivity contribution in [2.75, 3.05) is 30.0 Å². The van der Waals surface area contributed by atoms with Gasteiger partial charge in [0.1, 0.15) is 6.04 Å². The van der Waals surface area contributed by atoms with Gasteiger partial charge in [0.2, 0.25) is 5.91 Å². The van der Waals surface area contributed by atoms with E-state index >= 15 is 0 Å². The lowest BCUT2D eigenvalue weighted by Crippen LogP contribution is -2.40. The van der Waals surface area contributed by atoms with E-state index in [9.17, 15) is 4.79 Å². The van der Waals surface area contributed by atoms with Crippen LogP contribution in [0.25, 0.3) is 0 Å². The molecule has 5 heteroatoms. The highest BCUT2D eigenvalue weighted by Gasteiger charge is 2.27. The molecule has 2 aromatic rings. The van der Waals surface area contributed by atoms with Crippen LogP contribution in [0.3, 0.4) is 0 Å². The Hall–Kier alpha value is -2.69. The van der Waals surface area contributed by atoms with Crippen molar-refractivity contribution in [2.45, 2.75) is 33.2 Å². The molecule has 1 aliphatic rings. The minimum atomic E-state index is -0.339. The smallest absolute Gasteiger partial charge is 0.249 e. The maximum Gasteiger partial charge on any atom is 0.249 e. The van der Waals surface area contributed by atoms with E-state index in [1.54, 1.807) is 0 Å². The van der Waals surface area contributed by atoms with Crippen molar-refractivity contribution < 1.29 is 14.3 Å². The van der Waals surface area contributed by atoms with Gasteiger partial charge < -0.3 is 19.7 Å². The molecule has 0 saturated carbocycles. The predicted octanol–water partition coefficient (Wildman–Crippen LogP) is 3.87. The van der Waals surface area contributed by atoms with Gasteiger partial charge in [0.15, 0.2) is 11.5 Å². The summed E-state index contributed by atoms with van der Waals surface area (Å²) >= 11 is 0. The highest BCUT2D eigenvalue weighted by Crippen LogP contribution is 2.32. The summed E-state index contributed by atoms with van der Waals surface area (Å²) in [4.78, 5) is 14.8. The van der Waals surface area contributed by atoms with Crippen molar-refractivity contribution in [2.24, 2.45) is 0 Å². The van der Waals surface area contributed by atoms with Crippen molar-refractivity contribution in [3.05, 3.63) is 48.0 Å². The highest BCUT2D eigenvalue weighted by atomic mass is 16.5. The first-order valence-electron chi connectivity index (χ1n) is 9.19. The maximum atomic E-state index is 12.9. The second kappa shape index (κ2) is 8.13. The molecule has 1 aliphatic heterocycles. The van der Waals surface area contributed by atoms with Crippen LogP contribution in [-0.2, 0) is 11.2 Å². The van der Waals surface area contributed by atoms with Gasteiger partial charge in [-0.3, -0.25) is 4.79 Å². The first kappa shape index (κ1) is 18.1. The van der Waals surface area contributed by atoms with E-state index in [0.717, 1.165) is 24.3 Å². The number of fused-ring (bicyclic) bond motifs is 1. The molecule has 26 heavy (non-hydrogen) atoms. The molecule has 0 saturated heterocycles. The Balaban J connectivity index is 1.72. The molecule has 2 aromatic carbocycles. The number of hydrogen-bond acceptors (Lipinski definition) is 4. The summed E-state index contributed by atoms with van der Waals surface area (Å²) in [6.45, 7) is 7.64. The zero-order valence-corrected chi connectivity index (χ0v) is 15.6. The number of nitrogens with zero attached hydrogens (tertiary/aromatic N) is 1. The van der Waals surface area contributed by atoms with E-state index in [-0.39, 0.29) is 11.9 Å². The lowest BCUT2D eigenvalue weighted by Gasteiger charge is -2.23. The van der Waals surface area contributed by atoms with Crippen LogP contribution < -0.4 is 19.7 Å². The van der Waals surface area contributed by atoms with Crippen LogP contribution in [0, 0.1) is 0 Å². The van der Waals surface area contributed by atoms with Crippen LogP contribution in [-0.4, -0.2) is 31.7 Å². The van der Waals surface area contributed by atoms with E-state index in [1.165, 1.54) is 5.56 Å². The Morgan fingerprint density at radius 1 is 1.12 bits per heavy atom. The first-order valence-corrected chi connectivity index (χ1v) is 9.19. The normalized spacial score (nSPS) is 13.9. The van der Waals surface area contributed by atoms with Crippen LogP contribution in [0.4, 0.5) is 11.4 Å². The summed E-state index contributed by atoms with van der Waals surface area (Å²) in [6, 6.07) is 13.4. The molecular weight excluding hydrogens is 328 g/mol. The molecule has 1 amide bonds. The fraction of sp³-hybridized carbons (Fsp3) is 0.381. The van der Waals surface area contributed by atoms with Crippen molar-refractivity contribution in [3.8, 4) is 11.5 Å². The molecule has 0 fully saturated rings. The average molecular weight is 354 g/mol. The summed E-state index contributed by atoms with van der Waals surface area (Å²) in [6.07, 6.45) is 0.909. The van der Waals surface area contributed by atoms with Crippen molar-refractivity contribution in [1.82, 2.24) is 0 Å². The molecule has 1 N–H and O–H groups in total. The number of hydrogen-bond donors (Lipinski definition) is 1. The SMILES string of the molecule is CCOc1ccc(N[C@@H](C)C(=O)N2CCc3ccccc32)cc1OCC. The van der Waals surface area contributed by atoms with Crippen LogP contribution in [0.2, 0.25) is 0 Å².